The summed E-state index contributed by atoms with van der Waals surface area (Å²) >= 11 is 0. The van der Waals surface area contributed by atoms with Crippen LogP contribution in [0.3, 0.4) is 0 Å². The van der Waals surface area contributed by atoms with E-state index in [1.165, 1.54) is 0 Å². The Hall–Kier alpha value is -2.41. The van der Waals surface area contributed by atoms with Gasteiger partial charge in [0.25, 0.3) is 0 Å². The fraction of sp³-hybridized carbons (Fsp3) is 0.591. The standard InChI is InChI=1S/C22H34N4O3/c1-14(2)19(25-20(27)16(4)23)22(29)26-12-8-11-18(26)21(28)24-13-15(3)17-9-6-5-7-10-17/h5-7,9-10,14-16,18-19H,8,11-13,23H2,1-4H3,(H,24,28)(H,25,27)/t15?,16-,18-,19-/m0/s1. The van der Waals surface area contributed by atoms with Crippen LogP contribution in [0.5, 0.6) is 0 Å². The van der Waals surface area contributed by atoms with Crippen molar-refractivity contribution in [2.75, 3.05) is 13.1 Å². The van der Waals surface area contributed by atoms with Crippen LogP contribution in [0, 0.1) is 5.92 Å². The number of carbonyl (C=O) groups excluding carboxylic acids is 3. The first-order valence-electron chi connectivity index (χ1n) is 10.4. The molecule has 4 atom stereocenters. The van der Waals surface area contributed by atoms with Crippen LogP contribution in [-0.2, 0) is 14.4 Å². The van der Waals surface area contributed by atoms with Crippen LogP contribution < -0.4 is 16.4 Å². The molecule has 1 fully saturated rings. The van der Waals surface area contributed by atoms with Gasteiger partial charge in [0.2, 0.25) is 17.7 Å². The molecule has 1 unspecified atom stereocenters. The highest BCUT2D eigenvalue weighted by Crippen LogP contribution is 2.21. The maximum atomic E-state index is 13.1. The quantitative estimate of drug-likeness (QED) is 0.611. The van der Waals surface area contributed by atoms with Crippen molar-refractivity contribution in [2.45, 2.75) is 64.6 Å². The van der Waals surface area contributed by atoms with Crippen molar-refractivity contribution in [1.82, 2.24) is 15.5 Å². The summed E-state index contributed by atoms with van der Waals surface area (Å²) in [6, 6.07) is 8.12. The predicted molar refractivity (Wildman–Crippen MR) is 113 cm³/mol. The van der Waals surface area contributed by atoms with Gasteiger partial charge < -0.3 is 21.3 Å². The zero-order chi connectivity index (χ0) is 21.6. The molecule has 160 valence electrons. The minimum Gasteiger partial charge on any atom is -0.354 e. The molecule has 4 N–H and O–H groups in total. The summed E-state index contributed by atoms with van der Waals surface area (Å²) in [5, 5.41) is 5.73. The number of amides is 3. The number of nitrogens with two attached hydrogens (primary N) is 1. The third-order valence-corrected chi connectivity index (χ3v) is 5.43. The first-order valence-corrected chi connectivity index (χ1v) is 10.4. The molecule has 0 aliphatic carbocycles. The van der Waals surface area contributed by atoms with Crippen LogP contribution in [0.1, 0.15) is 52.0 Å². The maximum Gasteiger partial charge on any atom is 0.246 e. The smallest absolute Gasteiger partial charge is 0.246 e. The molecule has 1 saturated heterocycles. The van der Waals surface area contributed by atoms with Crippen LogP contribution in [0.2, 0.25) is 0 Å². The van der Waals surface area contributed by atoms with Crippen LogP contribution in [0.15, 0.2) is 30.3 Å². The number of rotatable bonds is 8. The molecule has 1 aromatic carbocycles. The van der Waals surface area contributed by atoms with Crippen molar-refractivity contribution < 1.29 is 14.4 Å². The Morgan fingerprint density at radius 3 is 2.38 bits per heavy atom. The monoisotopic (exact) mass is 402 g/mol. The second-order valence-electron chi connectivity index (χ2n) is 8.27. The van der Waals surface area contributed by atoms with Gasteiger partial charge in [-0.25, -0.2) is 0 Å². The van der Waals surface area contributed by atoms with Gasteiger partial charge in [0, 0.05) is 13.1 Å². The van der Waals surface area contributed by atoms with E-state index in [-0.39, 0.29) is 29.6 Å². The van der Waals surface area contributed by atoms with E-state index in [9.17, 15) is 14.4 Å². The second kappa shape index (κ2) is 10.4. The Kier molecular flexibility index (Phi) is 8.20. The first-order chi connectivity index (χ1) is 13.7. The number of hydrogen-bond donors (Lipinski definition) is 3. The molecule has 2 rings (SSSR count). The number of nitrogens with zero attached hydrogens (tertiary/aromatic N) is 1. The zero-order valence-corrected chi connectivity index (χ0v) is 17.9. The number of likely N-dealkylation sites (tertiary alicyclic amines) is 1. The predicted octanol–water partition coefficient (Wildman–Crippen LogP) is 1.39. The molecule has 1 aliphatic heterocycles. The van der Waals surface area contributed by atoms with E-state index in [1.807, 2.05) is 44.2 Å². The third-order valence-electron chi connectivity index (χ3n) is 5.43. The van der Waals surface area contributed by atoms with Gasteiger partial charge in [-0.3, -0.25) is 14.4 Å². The molecule has 0 spiro atoms. The Balaban J connectivity index is 2.00. The Morgan fingerprint density at radius 1 is 1.14 bits per heavy atom. The Morgan fingerprint density at radius 2 is 1.79 bits per heavy atom. The Bertz CT molecular complexity index is 705. The summed E-state index contributed by atoms with van der Waals surface area (Å²) in [5.41, 5.74) is 6.79. The third kappa shape index (κ3) is 6.03. The van der Waals surface area contributed by atoms with Crippen molar-refractivity contribution in [2.24, 2.45) is 11.7 Å². The lowest BCUT2D eigenvalue weighted by molar-refractivity contribution is -0.142. The van der Waals surface area contributed by atoms with E-state index in [0.717, 1.165) is 12.0 Å². The molecule has 0 saturated carbocycles. The molecule has 1 aromatic rings. The highest BCUT2D eigenvalue weighted by atomic mass is 16.2. The average Bonchev–Trinajstić information content (AvgIpc) is 3.19. The largest absolute Gasteiger partial charge is 0.354 e. The van der Waals surface area contributed by atoms with E-state index < -0.39 is 18.1 Å². The number of hydrogen-bond acceptors (Lipinski definition) is 4. The molecule has 1 heterocycles. The second-order valence-corrected chi connectivity index (χ2v) is 8.27. The van der Waals surface area contributed by atoms with Crippen LogP contribution in [-0.4, -0.2) is 53.8 Å². The molecule has 7 heteroatoms. The Labute approximate surface area is 173 Å². The summed E-state index contributed by atoms with van der Waals surface area (Å²) < 4.78 is 0. The van der Waals surface area contributed by atoms with Crippen LogP contribution >= 0.6 is 0 Å². The lowest BCUT2D eigenvalue weighted by Crippen LogP contribution is -2.57. The maximum absolute atomic E-state index is 13.1. The fourth-order valence-electron chi connectivity index (χ4n) is 3.55. The molecular weight excluding hydrogens is 368 g/mol. The lowest BCUT2D eigenvalue weighted by atomic mass is 10.0. The average molecular weight is 403 g/mol. The topological polar surface area (TPSA) is 105 Å². The normalized spacial score (nSPS) is 19.5. The first kappa shape index (κ1) is 22.9. The minimum absolute atomic E-state index is 0.104. The van der Waals surface area contributed by atoms with Crippen molar-refractivity contribution in [3.05, 3.63) is 35.9 Å². The van der Waals surface area contributed by atoms with Gasteiger partial charge in [-0.2, -0.15) is 0 Å². The van der Waals surface area contributed by atoms with Gasteiger partial charge >= 0.3 is 0 Å². The minimum atomic E-state index is -0.693. The number of carbonyl (C=O) groups is 3. The van der Waals surface area contributed by atoms with E-state index in [1.54, 1.807) is 11.8 Å². The molecular formula is C22H34N4O3. The van der Waals surface area contributed by atoms with Gasteiger partial charge in [-0.05, 0) is 37.2 Å². The summed E-state index contributed by atoms with van der Waals surface area (Å²) in [4.78, 5) is 39.5. The van der Waals surface area contributed by atoms with E-state index in [2.05, 4.69) is 17.6 Å². The molecule has 3 amide bonds. The SMILES string of the molecule is CC(CNC(=O)[C@@H]1CCCN1C(=O)[C@@H](NC(=O)[C@H](C)N)C(C)C)c1ccccc1. The molecule has 1 aliphatic rings. The van der Waals surface area contributed by atoms with Gasteiger partial charge in [0.05, 0.1) is 6.04 Å². The molecule has 0 radical (unpaired) electrons. The van der Waals surface area contributed by atoms with Gasteiger partial charge in [0.15, 0.2) is 0 Å². The van der Waals surface area contributed by atoms with E-state index >= 15 is 0 Å². The molecule has 0 aromatic heterocycles. The van der Waals surface area contributed by atoms with Gasteiger partial charge in [-0.15, -0.1) is 0 Å². The van der Waals surface area contributed by atoms with E-state index in [4.69, 9.17) is 5.73 Å². The summed E-state index contributed by atoms with van der Waals surface area (Å²) in [6.07, 6.45) is 1.40. The zero-order valence-electron chi connectivity index (χ0n) is 17.9. The van der Waals surface area contributed by atoms with Crippen molar-refractivity contribution in [1.29, 1.82) is 0 Å². The van der Waals surface area contributed by atoms with Gasteiger partial charge in [0.1, 0.15) is 12.1 Å². The van der Waals surface area contributed by atoms with Crippen LogP contribution in [0.4, 0.5) is 0 Å². The highest BCUT2D eigenvalue weighted by Gasteiger charge is 2.38. The van der Waals surface area contributed by atoms with Crippen molar-refractivity contribution in [3.8, 4) is 0 Å². The van der Waals surface area contributed by atoms with Crippen molar-refractivity contribution >= 4 is 17.7 Å². The summed E-state index contributed by atoms with van der Waals surface area (Å²) in [6.45, 7) is 8.41. The highest BCUT2D eigenvalue weighted by molar-refractivity contribution is 5.93. The molecule has 0 bridgehead atoms. The number of nitrogens with one attached hydrogen (secondary N) is 2. The van der Waals surface area contributed by atoms with Gasteiger partial charge in [-0.1, -0.05) is 51.1 Å². The van der Waals surface area contributed by atoms with Crippen molar-refractivity contribution in [3.63, 3.8) is 0 Å². The van der Waals surface area contributed by atoms with E-state index in [0.29, 0.717) is 19.5 Å². The summed E-state index contributed by atoms with van der Waals surface area (Å²) in [5.74, 6) is -0.650. The molecule has 29 heavy (non-hydrogen) atoms. The number of benzene rings is 1. The molecule has 7 nitrogen and oxygen atoms in total. The fourth-order valence-corrected chi connectivity index (χ4v) is 3.55. The lowest BCUT2D eigenvalue weighted by Gasteiger charge is -2.31. The van der Waals surface area contributed by atoms with Crippen LogP contribution in [0.25, 0.3) is 0 Å². The summed E-state index contributed by atoms with van der Waals surface area (Å²) in [7, 11) is 0.